The number of ketones is 1. The van der Waals surface area contributed by atoms with Gasteiger partial charge in [-0.3, -0.25) is 10.2 Å². The monoisotopic (exact) mass is 475 g/mol. The minimum atomic E-state index is -1.29. The van der Waals surface area contributed by atoms with E-state index in [1.165, 1.54) is 6.07 Å². The number of hydrogen-bond acceptors (Lipinski definition) is 5. The molecule has 8 heteroatoms. The summed E-state index contributed by atoms with van der Waals surface area (Å²) in [5.74, 6) is -1.73. The Labute approximate surface area is 186 Å². The molecule has 0 aliphatic carbocycles. The van der Waals surface area contributed by atoms with E-state index < -0.39 is 11.4 Å². The smallest absolute Gasteiger partial charge is 0.339 e. The summed E-state index contributed by atoms with van der Waals surface area (Å²) in [5.41, 5.74) is 2.14. The quantitative estimate of drug-likeness (QED) is 0.563. The maximum absolute atomic E-state index is 13.0. The number of carbonyl (C=O) groups is 2. The van der Waals surface area contributed by atoms with Crippen molar-refractivity contribution in [2.75, 3.05) is 6.54 Å². The third-order valence-electron chi connectivity index (χ3n) is 5.11. The molecule has 0 atom stereocenters. The molecule has 0 fully saturated rings. The fraction of sp³-hybridized carbons (Fsp3) is 0.364. The highest BCUT2D eigenvalue weighted by Crippen LogP contribution is 2.35. The standard InChI is InChI=1S/C22H25N3O4.BrH/c1-5-14-7-6-12-10-25(20(23)18(12)24-14)11-17(26)13-8-15(21(28)29)19(27)16(9-13)22(2,3)4;/h6-9,23,27H,5,10-11H2,1-4H3,(H,28,29);1H. The van der Waals surface area contributed by atoms with Gasteiger partial charge in [-0.1, -0.05) is 33.8 Å². The van der Waals surface area contributed by atoms with Crippen LogP contribution in [-0.2, 0) is 18.4 Å². The van der Waals surface area contributed by atoms with E-state index in [1.807, 2.05) is 39.8 Å². The highest BCUT2D eigenvalue weighted by molar-refractivity contribution is 8.93. The summed E-state index contributed by atoms with van der Waals surface area (Å²) in [6.07, 6.45) is 0.764. The first kappa shape index (κ1) is 23.5. The zero-order valence-corrected chi connectivity index (χ0v) is 19.2. The summed E-state index contributed by atoms with van der Waals surface area (Å²) in [6, 6.07) is 6.60. The van der Waals surface area contributed by atoms with Crippen molar-refractivity contribution in [1.82, 2.24) is 9.88 Å². The molecule has 3 N–H and O–H groups in total. The Hall–Kier alpha value is -2.74. The average Bonchev–Trinajstić information content (AvgIpc) is 2.95. The highest BCUT2D eigenvalue weighted by Gasteiger charge is 2.30. The highest BCUT2D eigenvalue weighted by atomic mass is 79.9. The van der Waals surface area contributed by atoms with Crippen molar-refractivity contribution in [3.05, 3.63) is 57.9 Å². The van der Waals surface area contributed by atoms with E-state index in [9.17, 15) is 19.8 Å². The molecule has 0 bridgehead atoms. The van der Waals surface area contributed by atoms with Crippen LogP contribution in [-0.4, -0.2) is 44.2 Å². The van der Waals surface area contributed by atoms with Crippen molar-refractivity contribution in [1.29, 1.82) is 5.41 Å². The van der Waals surface area contributed by atoms with Crippen molar-refractivity contribution >= 4 is 34.6 Å². The van der Waals surface area contributed by atoms with E-state index in [1.54, 1.807) is 11.0 Å². The summed E-state index contributed by atoms with van der Waals surface area (Å²) in [7, 11) is 0. The van der Waals surface area contributed by atoms with Gasteiger partial charge in [0.1, 0.15) is 22.8 Å². The van der Waals surface area contributed by atoms with Crippen molar-refractivity contribution in [3.63, 3.8) is 0 Å². The number of pyridine rings is 1. The predicted molar refractivity (Wildman–Crippen MR) is 119 cm³/mol. The first-order chi connectivity index (χ1) is 13.5. The molecule has 0 spiro atoms. The number of phenols is 1. The van der Waals surface area contributed by atoms with Gasteiger partial charge in [-0.15, -0.1) is 17.0 Å². The van der Waals surface area contributed by atoms with Gasteiger partial charge in [0.15, 0.2) is 5.78 Å². The van der Waals surface area contributed by atoms with E-state index in [0.717, 1.165) is 17.7 Å². The number of halogens is 1. The van der Waals surface area contributed by atoms with Gasteiger partial charge in [-0.05, 0) is 30.0 Å². The van der Waals surface area contributed by atoms with Crippen LogP contribution in [0.15, 0.2) is 24.3 Å². The molecule has 0 saturated heterocycles. The number of Topliss-reactive ketones (excluding diaryl/α,β-unsaturated/α-hetero) is 1. The number of carboxylic acid groups (broad SMARTS) is 1. The molecule has 7 nitrogen and oxygen atoms in total. The lowest BCUT2D eigenvalue weighted by molar-refractivity contribution is 0.0693. The van der Waals surface area contributed by atoms with Crippen molar-refractivity contribution in [2.45, 2.75) is 46.1 Å². The van der Waals surface area contributed by atoms with Crippen LogP contribution in [0.4, 0.5) is 0 Å². The second kappa shape index (κ2) is 8.55. The lowest BCUT2D eigenvalue weighted by atomic mass is 9.83. The van der Waals surface area contributed by atoms with Crippen LogP contribution >= 0.6 is 17.0 Å². The van der Waals surface area contributed by atoms with Crippen LogP contribution in [0.5, 0.6) is 5.75 Å². The largest absolute Gasteiger partial charge is 0.507 e. The van der Waals surface area contributed by atoms with Gasteiger partial charge < -0.3 is 15.1 Å². The fourth-order valence-electron chi connectivity index (χ4n) is 3.42. The average molecular weight is 476 g/mol. The summed E-state index contributed by atoms with van der Waals surface area (Å²) in [4.78, 5) is 30.6. The number of aromatic nitrogens is 1. The first-order valence-electron chi connectivity index (χ1n) is 9.49. The topological polar surface area (TPSA) is 115 Å². The van der Waals surface area contributed by atoms with E-state index >= 15 is 0 Å². The number of aromatic hydroxyl groups is 1. The van der Waals surface area contributed by atoms with Gasteiger partial charge in [-0.25, -0.2) is 9.78 Å². The van der Waals surface area contributed by atoms with Crippen LogP contribution < -0.4 is 0 Å². The number of rotatable bonds is 5. The molecule has 1 aromatic carbocycles. The number of carbonyl (C=O) groups excluding carboxylic acids is 1. The molecular formula is C22H26BrN3O4. The second-order valence-corrected chi connectivity index (χ2v) is 8.27. The maximum Gasteiger partial charge on any atom is 0.339 e. The van der Waals surface area contributed by atoms with Crippen molar-refractivity contribution in [3.8, 4) is 5.75 Å². The third-order valence-corrected chi connectivity index (χ3v) is 5.11. The number of carboxylic acids is 1. The lowest BCUT2D eigenvalue weighted by Crippen LogP contribution is -2.31. The molecule has 1 aromatic heterocycles. The Kier molecular flexibility index (Phi) is 6.71. The SMILES string of the molecule is Br.CCc1ccc2c(n1)C(=N)N(CC(=O)c1cc(C(=O)O)c(O)c(C(C)(C)C)c1)C2. The number of fused-ring (bicyclic) bond motifs is 1. The molecule has 0 unspecified atom stereocenters. The molecule has 2 heterocycles. The van der Waals surface area contributed by atoms with Crippen LogP contribution in [0.3, 0.4) is 0 Å². The molecule has 1 aliphatic heterocycles. The van der Waals surface area contributed by atoms with Gasteiger partial charge in [0.25, 0.3) is 0 Å². The lowest BCUT2D eigenvalue weighted by Gasteiger charge is -2.23. The Balaban J connectivity index is 0.00000320. The number of nitrogens with one attached hydrogen (secondary N) is 1. The summed E-state index contributed by atoms with van der Waals surface area (Å²) >= 11 is 0. The maximum atomic E-state index is 13.0. The van der Waals surface area contributed by atoms with Crippen LogP contribution in [0.1, 0.15) is 70.9 Å². The van der Waals surface area contributed by atoms with E-state index in [4.69, 9.17) is 5.41 Å². The number of benzene rings is 1. The number of amidine groups is 1. The minimum absolute atomic E-state index is 0. The molecule has 3 rings (SSSR count). The number of nitrogens with zero attached hydrogens (tertiary/aromatic N) is 2. The molecule has 0 radical (unpaired) electrons. The molecule has 0 amide bonds. The Morgan fingerprint density at radius 2 is 1.90 bits per heavy atom. The molecular weight excluding hydrogens is 450 g/mol. The van der Waals surface area contributed by atoms with E-state index in [0.29, 0.717) is 17.8 Å². The Morgan fingerprint density at radius 3 is 2.47 bits per heavy atom. The van der Waals surface area contributed by atoms with E-state index in [-0.39, 0.29) is 52.0 Å². The van der Waals surface area contributed by atoms with Gasteiger partial charge in [0.05, 0.1) is 6.54 Å². The molecule has 1 aliphatic rings. The minimum Gasteiger partial charge on any atom is -0.507 e. The van der Waals surface area contributed by atoms with Crippen LogP contribution in [0.25, 0.3) is 0 Å². The van der Waals surface area contributed by atoms with Crippen LogP contribution in [0, 0.1) is 5.41 Å². The number of hydrogen-bond donors (Lipinski definition) is 3. The van der Waals surface area contributed by atoms with Crippen LogP contribution in [0.2, 0.25) is 0 Å². The number of aromatic carboxylic acids is 1. The van der Waals surface area contributed by atoms with Gasteiger partial charge in [0.2, 0.25) is 0 Å². The summed E-state index contributed by atoms with van der Waals surface area (Å²) in [6.45, 7) is 7.85. The molecule has 160 valence electrons. The van der Waals surface area contributed by atoms with E-state index in [2.05, 4.69) is 4.98 Å². The Morgan fingerprint density at radius 1 is 1.23 bits per heavy atom. The van der Waals surface area contributed by atoms with Crippen molar-refractivity contribution < 1.29 is 19.8 Å². The molecule has 0 saturated carbocycles. The zero-order valence-electron chi connectivity index (χ0n) is 17.4. The summed E-state index contributed by atoms with van der Waals surface area (Å²) < 4.78 is 0. The molecule has 30 heavy (non-hydrogen) atoms. The normalized spacial score (nSPS) is 13.1. The zero-order chi connectivity index (χ0) is 21.5. The van der Waals surface area contributed by atoms with Gasteiger partial charge >= 0.3 is 5.97 Å². The predicted octanol–water partition coefficient (Wildman–Crippen LogP) is 3.95. The number of aryl methyl sites for hydroxylation is 1. The van der Waals surface area contributed by atoms with Gasteiger partial charge in [0, 0.05) is 28.9 Å². The second-order valence-electron chi connectivity index (χ2n) is 8.27. The van der Waals surface area contributed by atoms with Crippen molar-refractivity contribution in [2.24, 2.45) is 0 Å². The molecule has 2 aromatic rings. The van der Waals surface area contributed by atoms with Gasteiger partial charge in [-0.2, -0.15) is 0 Å². The fourth-order valence-corrected chi connectivity index (χ4v) is 3.42. The summed E-state index contributed by atoms with van der Waals surface area (Å²) in [5, 5.41) is 28.2. The Bertz CT molecular complexity index is 1030. The first-order valence-corrected chi connectivity index (χ1v) is 9.49. The third kappa shape index (κ3) is 4.38.